The van der Waals surface area contributed by atoms with Crippen molar-refractivity contribution in [2.75, 3.05) is 6.54 Å². The molecule has 0 saturated carbocycles. The minimum atomic E-state index is -0.467. The monoisotopic (exact) mass is 426 g/mol. The van der Waals surface area contributed by atoms with E-state index in [2.05, 4.69) is 35.8 Å². The third-order valence-corrected chi connectivity index (χ3v) is 6.96. The van der Waals surface area contributed by atoms with Gasteiger partial charge in [-0.2, -0.15) is 0 Å². The second-order valence-electron chi connectivity index (χ2n) is 7.07. The molecule has 0 fully saturated rings. The number of rotatable bonds is 3. The quantitative estimate of drug-likeness (QED) is 0.545. The Labute approximate surface area is 165 Å². The summed E-state index contributed by atoms with van der Waals surface area (Å²) < 4.78 is 2.10. The van der Waals surface area contributed by atoms with Crippen LogP contribution in [0.3, 0.4) is 0 Å². The summed E-state index contributed by atoms with van der Waals surface area (Å²) in [6, 6.07) is 16.0. The summed E-state index contributed by atoms with van der Waals surface area (Å²) in [4.78, 5) is 20.1. The normalized spacial score (nSPS) is 15.4. The number of benzene rings is 2. The van der Waals surface area contributed by atoms with Gasteiger partial charge in [-0.05, 0) is 44.5 Å². The smallest absolute Gasteiger partial charge is 0.255 e. The summed E-state index contributed by atoms with van der Waals surface area (Å²) in [5, 5.41) is 0.966. The van der Waals surface area contributed by atoms with Crippen LogP contribution in [0.4, 0.5) is 0 Å². The van der Waals surface area contributed by atoms with Crippen molar-refractivity contribution in [3.05, 3.63) is 69.1 Å². The van der Waals surface area contributed by atoms with Crippen LogP contribution in [0.1, 0.15) is 31.3 Å². The van der Waals surface area contributed by atoms with E-state index in [1.807, 2.05) is 54.3 Å². The number of fused-ring (bicyclic) bond motifs is 1. The second kappa shape index (κ2) is 6.32. The van der Waals surface area contributed by atoms with Crippen molar-refractivity contribution in [3.8, 4) is 0 Å². The molecule has 1 amide bonds. The number of carbonyl (C=O) groups is 1. The Balaban J connectivity index is 1.73. The van der Waals surface area contributed by atoms with Crippen LogP contribution in [-0.2, 0) is 10.3 Å². The number of amides is 1. The molecule has 3 aromatic rings. The van der Waals surface area contributed by atoms with Gasteiger partial charge in [-0.1, -0.05) is 46.3 Å². The standard InChI is InChI=1S/C21H19BrN2OS/c1-13-12-24(19(25)18(13)14-8-4-5-9-15(14)22)21(2,3)20-23-16-10-6-7-11-17(16)26-20/h4-11H,12H2,1-3H3. The molecular formula is C21H19BrN2OS. The Kier molecular flexibility index (Phi) is 4.24. The topological polar surface area (TPSA) is 33.2 Å². The van der Waals surface area contributed by atoms with E-state index in [9.17, 15) is 4.79 Å². The summed E-state index contributed by atoms with van der Waals surface area (Å²) in [5.41, 5.74) is 3.37. The summed E-state index contributed by atoms with van der Waals surface area (Å²) in [6.07, 6.45) is 0. The Bertz CT molecular complexity index is 1020. The van der Waals surface area contributed by atoms with Gasteiger partial charge in [0.05, 0.1) is 15.8 Å². The van der Waals surface area contributed by atoms with Crippen LogP contribution in [0, 0.1) is 0 Å². The zero-order valence-corrected chi connectivity index (χ0v) is 17.3. The lowest BCUT2D eigenvalue weighted by atomic mass is 10.0. The average molecular weight is 427 g/mol. The van der Waals surface area contributed by atoms with E-state index >= 15 is 0 Å². The number of halogens is 1. The fourth-order valence-electron chi connectivity index (χ4n) is 3.42. The van der Waals surface area contributed by atoms with Crippen LogP contribution in [0.2, 0.25) is 0 Å². The van der Waals surface area contributed by atoms with Gasteiger partial charge in [0.25, 0.3) is 5.91 Å². The minimum Gasteiger partial charge on any atom is -0.323 e. The SMILES string of the molecule is CC1=C(c2ccccc2Br)C(=O)N(C(C)(C)c2nc3ccccc3s2)C1. The second-order valence-corrected chi connectivity index (χ2v) is 8.96. The molecule has 2 heterocycles. The molecule has 26 heavy (non-hydrogen) atoms. The maximum absolute atomic E-state index is 13.3. The van der Waals surface area contributed by atoms with Crippen LogP contribution >= 0.6 is 27.3 Å². The van der Waals surface area contributed by atoms with E-state index < -0.39 is 5.54 Å². The number of carbonyl (C=O) groups excluding carboxylic acids is 1. The molecule has 0 bridgehead atoms. The van der Waals surface area contributed by atoms with Crippen LogP contribution in [0.5, 0.6) is 0 Å². The van der Waals surface area contributed by atoms with Gasteiger partial charge < -0.3 is 4.90 Å². The van der Waals surface area contributed by atoms with Crippen LogP contribution in [0.25, 0.3) is 15.8 Å². The Morgan fingerprint density at radius 1 is 1.12 bits per heavy atom. The van der Waals surface area contributed by atoms with E-state index in [4.69, 9.17) is 4.98 Å². The van der Waals surface area contributed by atoms with Crippen LogP contribution in [-0.4, -0.2) is 22.3 Å². The molecule has 1 aliphatic heterocycles. The molecule has 0 saturated heterocycles. The summed E-state index contributed by atoms with van der Waals surface area (Å²) >= 11 is 5.25. The van der Waals surface area contributed by atoms with Crippen molar-refractivity contribution >= 4 is 49.0 Å². The molecule has 1 aromatic heterocycles. The molecule has 0 spiro atoms. The summed E-state index contributed by atoms with van der Waals surface area (Å²) in [5.74, 6) is 0.0682. The summed E-state index contributed by atoms with van der Waals surface area (Å²) in [7, 11) is 0. The van der Waals surface area contributed by atoms with Gasteiger partial charge >= 0.3 is 0 Å². The van der Waals surface area contributed by atoms with Crippen molar-refractivity contribution in [1.29, 1.82) is 0 Å². The lowest BCUT2D eigenvalue weighted by Gasteiger charge is -2.34. The fourth-order valence-corrected chi connectivity index (χ4v) is 4.98. The number of thiazole rings is 1. The van der Waals surface area contributed by atoms with Gasteiger partial charge in [-0.15, -0.1) is 11.3 Å². The zero-order chi connectivity index (χ0) is 18.5. The van der Waals surface area contributed by atoms with Gasteiger partial charge in [0, 0.05) is 22.2 Å². The molecule has 0 atom stereocenters. The molecule has 4 rings (SSSR count). The largest absolute Gasteiger partial charge is 0.323 e. The number of para-hydroxylation sites is 1. The van der Waals surface area contributed by atoms with Gasteiger partial charge in [0.2, 0.25) is 0 Å². The highest BCUT2D eigenvalue weighted by Crippen LogP contribution is 2.41. The molecule has 1 aliphatic rings. The highest BCUT2D eigenvalue weighted by Gasteiger charge is 2.41. The van der Waals surface area contributed by atoms with Gasteiger partial charge in [0.1, 0.15) is 5.01 Å². The maximum atomic E-state index is 13.3. The number of nitrogens with zero attached hydrogens (tertiary/aromatic N) is 2. The first-order valence-corrected chi connectivity index (χ1v) is 10.1. The predicted octanol–water partition coefficient (Wildman–Crippen LogP) is 5.61. The van der Waals surface area contributed by atoms with Gasteiger partial charge in [-0.25, -0.2) is 4.98 Å². The number of hydrogen-bond donors (Lipinski definition) is 0. The average Bonchev–Trinajstić information content (AvgIpc) is 3.18. The Morgan fingerprint density at radius 3 is 2.54 bits per heavy atom. The molecule has 132 valence electrons. The molecule has 0 unspecified atom stereocenters. The van der Waals surface area contributed by atoms with Gasteiger partial charge in [-0.3, -0.25) is 4.79 Å². The van der Waals surface area contributed by atoms with E-state index in [1.165, 1.54) is 0 Å². The molecule has 2 aromatic carbocycles. The van der Waals surface area contributed by atoms with E-state index in [-0.39, 0.29) is 5.91 Å². The molecule has 5 heteroatoms. The lowest BCUT2D eigenvalue weighted by Crippen LogP contribution is -2.43. The third-order valence-electron chi connectivity index (χ3n) is 4.92. The van der Waals surface area contributed by atoms with Crippen molar-refractivity contribution < 1.29 is 4.79 Å². The lowest BCUT2D eigenvalue weighted by molar-refractivity contribution is -0.128. The van der Waals surface area contributed by atoms with Crippen molar-refractivity contribution in [1.82, 2.24) is 9.88 Å². The van der Waals surface area contributed by atoms with Crippen LogP contribution in [0.15, 0.2) is 58.6 Å². The number of hydrogen-bond acceptors (Lipinski definition) is 3. The molecule has 0 aliphatic carbocycles. The Hall–Kier alpha value is -1.98. The maximum Gasteiger partial charge on any atom is 0.255 e. The van der Waals surface area contributed by atoms with E-state index in [0.717, 1.165) is 36.4 Å². The van der Waals surface area contributed by atoms with E-state index in [0.29, 0.717) is 6.54 Å². The van der Waals surface area contributed by atoms with Crippen LogP contribution < -0.4 is 0 Å². The zero-order valence-electron chi connectivity index (χ0n) is 14.9. The van der Waals surface area contributed by atoms with Crippen molar-refractivity contribution in [3.63, 3.8) is 0 Å². The first kappa shape index (κ1) is 17.4. The molecule has 3 nitrogen and oxygen atoms in total. The first-order chi connectivity index (χ1) is 12.4. The highest BCUT2D eigenvalue weighted by molar-refractivity contribution is 9.10. The van der Waals surface area contributed by atoms with Crippen molar-refractivity contribution in [2.24, 2.45) is 0 Å². The summed E-state index contributed by atoms with van der Waals surface area (Å²) in [6.45, 7) is 6.83. The fraction of sp³-hybridized carbons (Fsp3) is 0.238. The Morgan fingerprint density at radius 2 is 1.81 bits per heavy atom. The highest BCUT2D eigenvalue weighted by atomic mass is 79.9. The first-order valence-electron chi connectivity index (χ1n) is 8.52. The van der Waals surface area contributed by atoms with Gasteiger partial charge in [0.15, 0.2) is 0 Å². The van der Waals surface area contributed by atoms with Crippen molar-refractivity contribution in [2.45, 2.75) is 26.3 Å². The molecular weight excluding hydrogens is 408 g/mol. The number of aromatic nitrogens is 1. The molecule has 0 N–H and O–H groups in total. The predicted molar refractivity (Wildman–Crippen MR) is 111 cm³/mol. The third kappa shape index (κ3) is 2.70. The van der Waals surface area contributed by atoms with E-state index in [1.54, 1.807) is 11.3 Å². The molecule has 0 radical (unpaired) electrons. The minimum absolute atomic E-state index is 0.0682.